The largest absolute Gasteiger partial charge is 0.346 e. The van der Waals surface area contributed by atoms with Crippen LogP contribution in [0.4, 0.5) is 0 Å². The van der Waals surface area contributed by atoms with E-state index in [0.29, 0.717) is 12.0 Å². The Morgan fingerprint density at radius 1 is 1.30 bits per heavy atom. The van der Waals surface area contributed by atoms with Gasteiger partial charge in [0.05, 0.1) is 0 Å². The zero-order valence-corrected chi connectivity index (χ0v) is 12.8. The molecule has 0 amide bonds. The van der Waals surface area contributed by atoms with E-state index < -0.39 is 0 Å². The molecular weight excluding hydrogens is 246 g/mol. The number of hydrogen-bond acceptors (Lipinski definition) is 2. The van der Waals surface area contributed by atoms with Crippen molar-refractivity contribution in [3.8, 4) is 0 Å². The van der Waals surface area contributed by atoms with Gasteiger partial charge in [-0.15, -0.1) is 0 Å². The number of aryl methyl sites for hydroxylation is 2. The van der Waals surface area contributed by atoms with Gasteiger partial charge in [-0.1, -0.05) is 25.1 Å². The molecule has 2 aromatic rings. The van der Waals surface area contributed by atoms with Crippen molar-refractivity contribution in [1.29, 1.82) is 0 Å². The maximum absolute atomic E-state index is 6.12. The lowest BCUT2D eigenvalue weighted by atomic mass is 9.94. The van der Waals surface area contributed by atoms with Crippen LogP contribution in [0.1, 0.15) is 24.6 Å². The van der Waals surface area contributed by atoms with E-state index in [-0.39, 0.29) is 0 Å². The summed E-state index contributed by atoms with van der Waals surface area (Å²) < 4.78 is 2.35. The third kappa shape index (κ3) is 2.25. The van der Waals surface area contributed by atoms with E-state index in [1.807, 2.05) is 0 Å². The van der Waals surface area contributed by atoms with Crippen LogP contribution in [0, 0.1) is 12.8 Å². The van der Waals surface area contributed by atoms with E-state index in [4.69, 9.17) is 5.73 Å². The van der Waals surface area contributed by atoms with Gasteiger partial charge in [0.15, 0.2) is 0 Å². The van der Waals surface area contributed by atoms with Crippen molar-refractivity contribution in [2.75, 3.05) is 13.1 Å². The molecule has 1 aromatic carbocycles. The summed E-state index contributed by atoms with van der Waals surface area (Å²) in [6.07, 6.45) is 1.12. The quantitative estimate of drug-likeness (QED) is 0.911. The number of aromatic nitrogens is 1. The maximum Gasteiger partial charge on any atom is 0.0483 e. The van der Waals surface area contributed by atoms with Crippen LogP contribution in [-0.2, 0) is 13.6 Å². The van der Waals surface area contributed by atoms with Crippen molar-refractivity contribution < 1.29 is 0 Å². The molecule has 3 heteroatoms. The average Bonchev–Trinajstić information content (AvgIpc) is 2.69. The van der Waals surface area contributed by atoms with Crippen LogP contribution in [0.5, 0.6) is 0 Å². The predicted octanol–water partition coefficient (Wildman–Crippen LogP) is 2.66. The molecule has 0 bridgehead atoms. The molecule has 20 heavy (non-hydrogen) atoms. The topological polar surface area (TPSA) is 34.2 Å². The number of para-hydroxylation sites is 1. The molecule has 2 N–H and O–H groups in total. The molecule has 108 valence electrons. The van der Waals surface area contributed by atoms with E-state index in [9.17, 15) is 0 Å². The standard InChI is InChI=1S/C17H25N3/c1-12-10-20(9-8-15(12)18)11-17-13(2)14-6-4-5-7-16(14)19(17)3/h4-7,12,15H,8-11,18H2,1-3H3. The SMILES string of the molecule is Cc1c(CN2CCC(N)C(C)C2)n(C)c2ccccc12. The van der Waals surface area contributed by atoms with Crippen LogP contribution in [0.2, 0.25) is 0 Å². The number of benzene rings is 1. The molecule has 2 atom stereocenters. The van der Waals surface area contributed by atoms with E-state index in [2.05, 4.69) is 54.6 Å². The van der Waals surface area contributed by atoms with Crippen LogP contribution >= 0.6 is 0 Å². The van der Waals surface area contributed by atoms with Gasteiger partial charge in [-0.25, -0.2) is 0 Å². The molecule has 3 nitrogen and oxygen atoms in total. The molecule has 1 aromatic heterocycles. The number of hydrogen-bond donors (Lipinski definition) is 1. The smallest absolute Gasteiger partial charge is 0.0483 e. The number of nitrogens with two attached hydrogens (primary N) is 1. The van der Waals surface area contributed by atoms with Gasteiger partial charge in [0.25, 0.3) is 0 Å². The molecule has 2 unspecified atom stereocenters. The van der Waals surface area contributed by atoms with Crippen LogP contribution in [0.25, 0.3) is 10.9 Å². The van der Waals surface area contributed by atoms with E-state index in [0.717, 1.165) is 26.1 Å². The first-order valence-corrected chi connectivity index (χ1v) is 7.58. The minimum Gasteiger partial charge on any atom is -0.346 e. The molecule has 1 fully saturated rings. The van der Waals surface area contributed by atoms with Gasteiger partial charge < -0.3 is 10.3 Å². The van der Waals surface area contributed by atoms with Crippen molar-refractivity contribution in [2.45, 2.75) is 32.9 Å². The first kappa shape index (κ1) is 13.7. The maximum atomic E-state index is 6.12. The summed E-state index contributed by atoms with van der Waals surface area (Å²) in [6, 6.07) is 9.05. The monoisotopic (exact) mass is 271 g/mol. The number of likely N-dealkylation sites (tertiary alicyclic amines) is 1. The zero-order valence-electron chi connectivity index (χ0n) is 12.8. The third-order valence-electron chi connectivity index (χ3n) is 4.94. The second kappa shape index (κ2) is 5.23. The Labute approximate surface area is 121 Å². The molecule has 3 rings (SSSR count). The van der Waals surface area contributed by atoms with Gasteiger partial charge >= 0.3 is 0 Å². The van der Waals surface area contributed by atoms with Gasteiger partial charge in [0, 0.05) is 49.3 Å². The van der Waals surface area contributed by atoms with Gasteiger partial charge in [0.1, 0.15) is 0 Å². The average molecular weight is 271 g/mol. The Balaban J connectivity index is 1.88. The highest BCUT2D eigenvalue weighted by molar-refractivity contribution is 5.85. The summed E-state index contributed by atoms with van der Waals surface area (Å²) in [6.45, 7) is 7.78. The van der Waals surface area contributed by atoms with Crippen LogP contribution in [0.15, 0.2) is 24.3 Å². The fourth-order valence-corrected chi connectivity index (χ4v) is 3.47. The minimum atomic E-state index is 0.375. The highest BCUT2D eigenvalue weighted by Gasteiger charge is 2.24. The molecule has 1 aliphatic rings. The summed E-state index contributed by atoms with van der Waals surface area (Å²) in [4.78, 5) is 2.55. The fraction of sp³-hybridized carbons (Fsp3) is 0.529. The second-order valence-corrected chi connectivity index (χ2v) is 6.31. The summed E-state index contributed by atoms with van der Waals surface area (Å²) in [5.74, 6) is 0.596. The van der Waals surface area contributed by atoms with Crippen molar-refractivity contribution >= 4 is 10.9 Å². The van der Waals surface area contributed by atoms with Crippen molar-refractivity contribution in [3.63, 3.8) is 0 Å². The summed E-state index contributed by atoms with van der Waals surface area (Å²) in [5.41, 5.74) is 10.3. The highest BCUT2D eigenvalue weighted by Crippen LogP contribution is 2.26. The van der Waals surface area contributed by atoms with Crippen LogP contribution in [0.3, 0.4) is 0 Å². The van der Waals surface area contributed by atoms with E-state index in [1.165, 1.54) is 22.2 Å². The van der Waals surface area contributed by atoms with Crippen molar-refractivity contribution in [3.05, 3.63) is 35.5 Å². The van der Waals surface area contributed by atoms with Crippen LogP contribution < -0.4 is 5.73 Å². The Hall–Kier alpha value is -1.32. The molecule has 1 saturated heterocycles. The number of piperidine rings is 1. The predicted molar refractivity (Wildman–Crippen MR) is 84.7 cm³/mol. The van der Waals surface area contributed by atoms with Gasteiger partial charge in [-0.05, 0) is 30.9 Å². The Kier molecular flexibility index (Phi) is 3.57. The molecule has 2 heterocycles. The van der Waals surface area contributed by atoms with E-state index in [1.54, 1.807) is 0 Å². The molecule has 1 aliphatic heterocycles. The third-order valence-corrected chi connectivity index (χ3v) is 4.94. The number of rotatable bonds is 2. The van der Waals surface area contributed by atoms with Gasteiger partial charge in [-0.2, -0.15) is 0 Å². The number of fused-ring (bicyclic) bond motifs is 1. The lowest BCUT2D eigenvalue weighted by Crippen LogP contribution is -2.45. The fourth-order valence-electron chi connectivity index (χ4n) is 3.47. The summed E-state index contributed by atoms with van der Waals surface area (Å²) in [7, 11) is 2.18. The summed E-state index contributed by atoms with van der Waals surface area (Å²) >= 11 is 0. The molecule has 0 spiro atoms. The molecule has 0 saturated carbocycles. The van der Waals surface area contributed by atoms with E-state index >= 15 is 0 Å². The Morgan fingerprint density at radius 3 is 2.75 bits per heavy atom. The lowest BCUT2D eigenvalue weighted by Gasteiger charge is -2.35. The highest BCUT2D eigenvalue weighted by atomic mass is 15.2. The van der Waals surface area contributed by atoms with Crippen molar-refractivity contribution in [1.82, 2.24) is 9.47 Å². The van der Waals surface area contributed by atoms with Gasteiger partial charge in [0.2, 0.25) is 0 Å². The summed E-state index contributed by atoms with van der Waals surface area (Å²) in [5, 5.41) is 1.38. The number of nitrogens with zero attached hydrogens (tertiary/aromatic N) is 2. The lowest BCUT2D eigenvalue weighted by molar-refractivity contribution is 0.155. The first-order valence-electron chi connectivity index (χ1n) is 7.58. The molecule has 0 aliphatic carbocycles. The normalized spacial score (nSPS) is 24.4. The first-order chi connectivity index (χ1) is 9.58. The van der Waals surface area contributed by atoms with Crippen molar-refractivity contribution in [2.24, 2.45) is 18.7 Å². The molecule has 0 radical (unpaired) electrons. The molecular formula is C17H25N3. The zero-order chi connectivity index (χ0) is 14.3. The Morgan fingerprint density at radius 2 is 2.05 bits per heavy atom. The minimum absolute atomic E-state index is 0.375. The van der Waals surface area contributed by atoms with Gasteiger partial charge in [-0.3, -0.25) is 4.90 Å². The Bertz CT molecular complexity index is 575. The second-order valence-electron chi connectivity index (χ2n) is 6.31. The van der Waals surface area contributed by atoms with Crippen LogP contribution in [-0.4, -0.2) is 28.6 Å².